The Balaban J connectivity index is 3.38. The quantitative estimate of drug-likeness (QED) is 0.478. The molecular formula is C11H11Cl3O4. The molecule has 0 saturated heterocycles. The van der Waals surface area contributed by atoms with Gasteiger partial charge in [-0.2, -0.15) is 0 Å². The van der Waals surface area contributed by atoms with Crippen molar-refractivity contribution in [1.29, 1.82) is 0 Å². The number of hydrogen-bond acceptors (Lipinski definition) is 3. The Morgan fingerprint density at radius 2 is 1.83 bits per heavy atom. The van der Waals surface area contributed by atoms with E-state index in [9.17, 15) is 9.90 Å². The first-order valence-electron chi connectivity index (χ1n) is 5.19. The summed E-state index contributed by atoms with van der Waals surface area (Å²) in [5, 5.41) is 18.3. The molecule has 0 fully saturated rings. The molecule has 0 saturated carbocycles. The van der Waals surface area contributed by atoms with E-state index < -0.39 is 11.9 Å². The fraction of sp³-hybridized carbons (Fsp3) is 0.364. The van der Waals surface area contributed by atoms with Crippen LogP contribution in [0.3, 0.4) is 0 Å². The highest BCUT2D eigenvalue weighted by Crippen LogP contribution is 2.47. The van der Waals surface area contributed by atoms with Crippen LogP contribution in [0.1, 0.15) is 25.3 Å². The van der Waals surface area contributed by atoms with Gasteiger partial charge in [0.05, 0.1) is 10.0 Å². The molecule has 0 heterocycles. The van der Waals surface area contributed by atoms with Gasteiger partial charge >= 0.3 is 6.16 Å². The predicted molar refractivity (Wildman–Crippen MR) is 70.4 cm³/mol. The molecule has 100 valence electrons. The SMILES string of the molecule is CCCCc1c(Cl)c(Cl)c(Cl)c(O)c1OC(=O)O. The van der Waals surface area contributed by atoms with Gasteiger partial charge < -0.3 is 14.9 Å². The van der Waals surface area contributed by atoms with Crippen LogP contribution in [0.4, 0.5) is 4.79 Å². The van der Waals surface area contributed by atoms with Crippen LogP contribution in [0, 0.1) is 0 Å². The largest absolute Gasteiger partial charge is 0.511 e. The van der Waals surface area contributed by atoms with Gasteiger partial charge in [-0.25, -0.2) is 4.79 Å². The van der Waals surface area contributed by atoms with E-state index in [4.69, 9.17) is 39.9 Å². The second kappa shape index (κ2) is 6.36. The van der Waals surface area contributed by atoms with Gasteiger partial charge in [-0.05, 0) is 12.8 Å². The van der Waals surface area contributed by atoms with Crippen molar-refractivity contribution in [1.82, 2.24) is 0 Å². The molecule has 4 nitrogen and oxygen atoms in total. The minimum Gasteiger partial charge on any atom is -0.503 e. The number of hydrogen-bond donors (Lipinski definition) is 2. The number of phenolic OH excluding ortho intramolecular Hbond substituents is 1. The van der Waals surface area contributed by atoms with Crippen molar-refractivity contribution in [3.05, 3.63) is 20.6 Å². The van der Waals surface area contributed by atoms with Gasteiger partial charge in [-0.15, -0.1) is 0 Å². The average molecular weight is 314 g/mol. The van der Waals surface area contributed by atoms with Gasteiger partial charge in [0.25, 0.3) is 0 Å². The molecule has 0 unspecified atom stereocenters. The topological polar surface area (TPSA) is 66.8 Å². The normalized spacial score (nSPS) is 10.4. The van der Waals surface area contributed by atoms with Gasteiger partial charge in [-0.1, -0.05) is 48.1 Å². The number of unbranched alkanes of at least 4 members (excludes halogenated alkanes) is 1. The molecule has 0 bridgehead atoms. The fourth-order valence-corrected chi connectivity index (χ4v) is 2.16. The number of ether oxygens (including phenoxy) is 1. The predicted octanol–water partition coefficient (Wildman–Crippen LogP) is 4.75. The molecule has 1 rings (SSSR count). The van der Waals surface area contributed by atoms with Crippen molar-refractivity contribution >= 4 is 41.0 Å². The lowest BCUT2D eigenvalue weighted by molar-refractivity contribution is 0.142. The molecule has 1 aromatic rings. The van der Waals surface area contributed by atoms with Gasteiger partial charge in [0.15, 0.2) is 11.5 Å². The maximum atomic E-state index is 10.6. The van der Waals surface area contributed by atoms with E-state index >= 15 is 0 Å². The Morgan fingerprint density at radius 1 is 1.22 bits per heavy atom. The van der Waals surface area contributed by atoms with Gasteiger partial charge in [0.1, 0.15) is 5.02 Å². The third-order valence-corrected chi connectivity index (χ3v) is 3.67. The van der Waals surface area contributed by atoms with Crippen LogP contribution in [-0.4, -0.2) is 16.4 Å². The standard InChI is InChI=1S/C11H11Cl3O4/c1-2-3-4-5-6(12)7(13)8(14)9(15)10(5)18-11(16)17/h15H,2-4H2,1H3,(H,16,17). The van der Waals surface area contributed by atoms with E-state index in [2.05, 4.69) is 4.74 Å². The summed E-state index contributed by atoms with van der Waals surface area (Å²) in [6, 6.07) is 0. The van der Waals surface area contributed by atoms with Crippen molar-refractivity contribution in [2.75, 3.05) is 0 Å². The Kier molecular flexibility index (Phi) is 5.38. The highest BCUT2D eigenvalue weighted by Gasteiger charge is 2.23. The van der Waals surface area contributed by atoms with E-state index in [0.29, 0.717) is 12.0 Å². The molecule has 7 heteroatoms. The fourth-order valence-electron chi connectivity index (χ4n) is 1.45. The number of benzene rings is 1. The van der Waals surface area contributed by atoms with Gasteiger partial charge in [-0.3, -0.25) is 0 Å². The Labute approximate surface area is 119 Å². The van der Waals surface area contributed by atoms with E-state index in [0.717, 1.165) is 12.8 Å². The maximum Gasteiger partial charge on any atom is 0.511 e. The first kappa shape index (κ1) is 15.2. The van der Waals surface area contributed by atoms with E-state index in [-0.39, 0.29) is 20.8 Å². The maximum absolute atomic E-state index is 10.6. The summed E-state index contributed by atoms with van der Waals surface area (Å²) in [4.78, 5) is 10.6. The minimum atomic E-state index is -1.56. The van der Waals surface area contributed by atoms with Crippen LogP contribution < -0.4 is 4.74 Å². The summed E-state index contributed by atoms with van der Waals surface area (Å²) < 4.78 is 4.53. The van der Waals surface area contributed by atoms with E-state index in [1.54, 1.807) is 0 Å². The van der Waals surface area contributed by atoms with Gasteiger partial charge in [0.2, 0.25) is 0 Å². The average Bonchev–Trinajstić information content (AvgIpc) is 2.32. The zero-order valence-electron chi connectivity index (χ0n) is 9.47. The summed E-state index contributed by atoms with van der Waals surface area (Å²) in [5.41, 5.74) is 0.341. The van der Waals surface area contributed by atoms with Gasteiger partial charge in [0, 0.05) is 5.56 Å². The number of phenols is 1. The van der Waals surface area contributed by atoms with Crippen molar-refractivity contribution in [3.63, 3.8) is 0 Å². The first-order chi connectivity index (χ1) is 8.40. The number of halogens is 3. The van der Waals surface area contributed by atoms with Crippen molar-refractivity contribution in [3.8, 4) is 11.5 Å². The third kappa shape index (κ3) is 3.13. The Morgan fingerprint density at radius 3 is 2.33 bits per heavy atom. The van der Waals surface area contributed by atoms with Crippen LogP contribution in [0.2, 0.25) is 15.1 Å². The highest BCUT2D eigenvalue weighted by atomic mass is 35.5. The molecule has 18 heavy (non-hydrogen) atoms. The molecule has 0 radical (unpaired) electrons. The molecule has 0 atom stereocenters. The zero-order valence-corrected chi connectivity index (χ0v) is 11.7. The lowest BCUT2D eigenvalue weighted by Gasteiger charge is -2.14. The molecule has 0 spiro atoms. The zero-order chi connectivity index (χ0) is 13.9. The third-order valence-electron chi connectivity index (χ3n) is 2.32. The number of carbonyl (C=O) groups is 1. The second-order valence-electron chi connectivity index (χ2n) is 3.57. The van der Waals surface area contributed by atoms with Crippen molar-refractivity contribution < 1.29 is 19.7 Å². The molecule has 0 aliphatic carbocycles. The molecule has 0 aliphatic rings. The summed E-state index contributed by atoms with van der Waals surface area (Å²) in [5.74, 6) is -0.769. The lowest BCUT2D eigenvalue weighted by Crippen LogP contribution is -2.06. The summed E-state index contributed by atoms with van der Waals surface area (Å²) in [7, 11) is 0. The first-order valence-corrected chi connectivity index (χ1v) is 6.32. The Bertz CT molecular complexity index is 474. The molecule has 0 aliphatic heterocycles. The Hall–Kier alpha value is -0.840. The van der Waals surface area contributed by atoms with Crippen LogP contribution in [0.25, 0.3) is 0 Å². The van der Waals surface area contributed by atoms with Crippen molar-refractivity contribution in [2.45, 2.75) is 26.2 Å². The van der Waals surface area contributed by atoms with Crippen LogP contribution in [0.5, 0.6) is 11.5 Å². The van der Waals surface area contributed by atoms with Crippen LogP contribution >= 0.6 is 34.8 Å². The van der Waals surface area contributed by atoms with E-state index in [1.807, 2.05) is 6.92 Å². The number of carboxylic acid groups (broad SMARTS) is 1. The molecule has 2 N–H and O–H groups in total. The monoisotopic (exact) mass is 312 g/mol. The number of aromatic hydroxyl groups is 1. The summed E-state index contributed by atoms with van der Waals surface area (Å²) in [6.45, 7) is 1.96. The molecule has 1 aromatic carbocycles. The van der Waals surface area contributed by atoms with Crippen molar-refractivity contribution in [2.24, 2.45) is 0 Å². The lowest BCUT2D eigenvalue weighted by atomic mass is 10.1. The van der Waals surface area contributed by atoms with Crippen LogP contribution in [-0.2, 0) is 6.42 Å². The van der Waals surface area contributed by atoms with E-state index in [1.165, 1.54) is 0 Å². The number of rotatable bonds is 4. The molecule has 0 aromatic heterocycles. The molecule has 0 amide bonds. The van der Waals surface area contributed by atoms with Crippen LogP contribution in [0.15, 0.2) is 0 Å². The summed E-state index contributed by atoms with van der Waals surface area (Å²) in [6.07, 6.45) is 0.483. The minimum absolute atomic E-state index is 0.0142. The second-order valence-corrected chi connectivity index (χ2v) is 4.70. The highest BCUT2D eigenvalue weighted by molar-refractivity contribution is 6.49. The summed E-state index contributed by atoms with van der Waals surface area (Å²) >= 11 is 17.6. The molecular weight excluding hydrogens is 302 g/mol. The smallest absolute Gasteiger partial charge is 0.503 e.